The van der Waals surface area contributed by atoms with Crippen LogP contribution in [0.15, 0.2) is 11.6 Å². The summed E-state index contributed by atoms with van der Waals surface area (Å²) in [5.74, 6) is 0.646. The minimum Gasteiger partial charge on any atom is -0.432 e. The van der Waals surface area contributed by atoms with Gasteiger partial charge in [0.1, 0.15) is 61.0 Å². The van der Waals surface area contributed by atoms with Gasteiger partial charge in [-0.1, -0.05) is 60.1 Å². The first-order chi connectivity index (χ1) is 29.5. The van der Waals surface area contributed by atoms with E-state index in [0.29, 0.717) is 31.1 Å². The van der Waals surface area contributed by atoms with E-state index in [1.165, 1.54) is 5.57 Å². The van der Waals surface area contributed by atoms with E-state index in [4.69, 9.17) is 28.4 Å². The standard InChI is InChI=1S/C47H76O16/c1-21(2)23-11-16-47(42(57)63-40-36(55)34(53)31(50)22(3)59-40)18-17-45(7)24(30(23)47)9-10-28-44(6)14-13-29(43(4,5)27(44)12-15-46(28,45)8)61-41-37(56)38(33(52)26(19-48)60-41)62-39-35(54)32(51)25(49)20-58-39/h9,21-23,25-41,48-56H,10-20H2,1-8H3/t22-,23?,25+,26+,27?,28?,29-,30?,31-,32-,33-,34+,35+,36+,37+,38-,39-,40-,41-,44-,45-,46+,47?/m0/s1. The summed E-state index contributed by atoms with van der Waals surface area (Å²) in [6.07, 6.45) is -10.2. The lowest BCUT2D eigenvalue weighted by molar-refractivity contribution is -0.361. The molecule has 4 saturated carbocycles. The molecule has 3 heterocycles. The quantitative estimate of drug-likeness (QED) is 0.0955. The largest absolute Gasteiger partial charge is 0.432 e. The molecule has 5 unspecified atom stereocenters. The van der Waals surface area contributed by atoms with Gasteiger partial charge in [0, 0.05) is 0 Å². The van der Waals surface area contributed by atoms with Crippen molar-refractivity contribution in [1.82, 2.24) is 0 Å². The van der Waals surface area contributed by atoms with Crippen molar-refractivity contribution in [1.29, 1.82) is 0 Å². The Morgan fingerprint density at radius 2 is 1.44 bits per heavy atom. The average molecular weight is 897 g/mol. The first-order valence-corrected chi connectivity index (χ1v) is 23.7. The molecule has 9 N–H and O–H groups in total. The molecular formula is C47H76O16. The Kier molecular flexibility index (Phi) is 13.0. The van der Waals surface area contributed by atoms with Crippen LogP contribution in [0.1, 0.15) is 113 Å². The molecule has 8 aliphatic rings. The second kappa shape index (κ2) is 17.0. The summed E-state index contributed by atoms with van der Waals surface area (Å²) in [5.41, 5.74) is -0.257. The molecule has 3 saturated heterocycles. The number of esters is 1. The van der Waals surface area contributed by atoms with Crippen molar-refractivity contribution in [2.24, 2.45) is 56.7 Å². The van der Waals surface area contributed by atoms with Crippen LogP contribution < -0.4 is 0 Å². The maximum absolute atomic E-state index is 14.6. The molecule has 7 fully saturated rings. The van der Waals surface area contributed by atoms with Gasteiger partial charge in [-0.25, -0.2) is 0 Å². The molecule has 0 radical (unpaired) electrons. The van der Waals surface area contributed by atoms with Crippen LogP contribution in [-0.4, -0.2) is 157 Å². The van der Waals surface area contributed by atoms with Gasteiger partial charge in [-0.2, -0.15) is 0 Å². The van der Waals surface area contributed by atoms with E-state index in [9.17, 15) is 50.8 Å². The number of aliphatic hydroxyl groups is 9. The molecule has 0 spiro atoms. The van der Waals surface area contributed by atoms with E-state index in [2.05, 4.69) is 54.5 Å². The highest BCUT2D eigenvalue weighted by Crippen LogP contribution is 2.76. The highest BCUT2D eigenvalue weighted by molar-refractivity contribution is 5.79. The molecule has 0 aromatic carbocycles. The zero-order valence-electron chi connectivity index (χ0n) is 38.3. The fourth-order valence-corrected chi connectivity index (χ4v) is 15.0. The summed E-state index contributed by atoms with van der Waals surface area (Å²) in [6, 6.07) is 0. The number of carbonyl (C=O) groups is 1. The number of aliphatic hydroxyl groups excluding tert-OH is 9. The first kappa shape index (κ1) is 48.1. The van der Waals surface area contributed by atoms with Crippen LogP contribution in [0.3, 0.4) is 0 Å². The number of allylic oxidation sites excluding steroid dienone is 2. The van der Waals surface area contributed by atoms with E-state index in [1.807, 2.05) is 0 Å². The van der Waals surface area contributed by atoms with Crippen LogP contribution in [-0.2, 0) is 33.2 Å². The van der Waals surface area contributed by atoms with Crippen molar-refractivity contribution in [2.75, 3.05) is 13.2 Å². The Morgan fingerprint density at radius 1 is 0.746 bits per heavy atom. The minimum atomic E-state index is -1.65. The maximum atomic E-state index is 14.6. The molecule has 16 nitrogen and oxygen atoms in total. The molecule has 0 amide bonds. The summed E-state index contributed by atoms with van der Waals surface area (Å²) in [5, 5.41) is 95.3. The molecule has 360 valence electrons. The van der Waals surface area contributed by atoms with E-state index in [1.54, 1.807) is 6.92 Å². The lowest BCUT2D eigenvalue weighted by Crippen LogP contribution is -2.66. The van der Waals surface area contributed by atoms with E-state index in [0.717, 1.165) is 38.5 Å². The van der Waals surface area contributed by atoms with E-state index in [-0.39, 0.29) is 46.7 Å². The minimum absolute atomic E-state index is 0.0538. The number of ether oxygens (including phenoxy) is 6. The third kappa shape index (κ3) is 7.33. The predicted octanol–water partition coefficient (Wildman–Crippen LogP) is 1.66. The highest BCUT2D eigenvalue weighted by Gasteiger charge is 2.71. The van der Waals surface area contributed by atoms with Crippen molar-refractivity contribution in [2.45, 2.75) is 205 Å². The van der Waals surface area contributed by atoms with Crippen LogP contribution in [0, 0.1) is 56.7 Å². The molecule has 63 heavy (non-hydrogen) atoms. The van der Waals surface area contributed by atoms with Gasteiger partial charge >= 0.3 is 5.97 Å². The number of rotatable bonds is 8. The predicted molar refractivity (Wildman–Crippen MR) is 223 cm³/mol. The summed E-state index contributed by atoms with van der Waals surface area (Å²) in [4.78, 5) is 14.6. The second-order valence-electron chi connectivity index (χ2n) is 22.5. The van der Waals surface area contributed by atoms with Crippen LogP contribution in [0.25, 0.3) is 0 Å². The van der Waals surface area contributed by atoms with Crippen LogP contribution >= 0.6 is 0 Å². The fourth-order valence-electron chi connectivity index (χ4n) is 15.0. The molecule has 3 aliphatic heterocycles. The Labute approximate surface area is 371 Å². The van der Waals surface area contributed by atoms with Gasteiger partial charge in [0.25, 0.3) is 0 Å². The van der Waals surface area contributed by atoms with Crippen molar-refractivity contribution in [3.05, 3.63) is 11.6 Å². The van der Waals surface area contributed by atoms with Gasteiger partial charge in [0.05, 0.1) is 30.8 Å². The Morgan fingerprint density at radius 3 is 2.13 bits per heavy atom. The summed E-state index contributed by atoms with van der Waals surface area (Å²) in [7, 11) is 0. The number of carbonyl (C=O) groups excluding carboxylic acids is 1. The third-order valence-electron chi connectivity index (χ3n) is 19.0. The molecule has 16 heteroatoms. The number of fused-ring (bicyclic) bond motifs is 7. The fraction of sp³-hybridized carbons (Fsp3) is 0.936. The van der Waals surface area contributed by atoms with E-state index >= 15 is 0 Å². The van der Waals surface area contributed by atoms with Gasteiger partial charge in [-0.05, 0) is 116 Å². The average Bonchev–Trinajstić information content (AvgIpc) is 3.64. The molecular weight excluding hydrogens is 821 g/mol. The molecule has 8 rings (SSSR count). The van der Waals surface area contributed by atoms with Crippen LogP contribution in [0.5, 0.6) is 0 Å². The van der Waals surface area contributed by atoms with Crippen molar-refractivity contribution in [3.8, 4) is 0 Å². The summed E-state index contributed by atoms with van der Waals surface area (Å²) in [6.45, 7) is 16.9. The van der Waals surface area contributed by atoms with Crippen LogP contribution in [0.2, 0.25) is 0 Å². The van der Waals surface area contributed by atoms with Gasteiger partial charge in [0.2, 0.25) is 6.29 Å². The van der Waals surface area contributed by atoms with Crippen LogP contribution in [0.4, 0.5) is 0 Å². The summed E-state index contributed by atoms with van der Waals surface area (Å²) < 4.78 is 35.8. The van der Waals surface area contributed by atoms with Gasteiger partial charge < -0.3 is 74.4 Å². The van der Waals surface area contributed by atoms with Crippen molar-refractivity contribution in [3.63, 3.8) is 0 Å². The Balaban J connectivity index is 1.03. The monoisotopic (exact) mass is 897 g/mol. The zero-order chi connectivity index (χ0) is 45.9. The number of hydrogen-bond donors (Lipinski definition) is 9. The first-order valence-electron chi connectivity index (χ1n) is 23.7. The van der Waals surface area contributed by atoms with Gasteiger partial charge in [-0.3, -0.25) is 4.79 Å². The van der Waals surface area contributed by atoms with Crippen molar-refractivity contribution >= 4 is 5.97 Å². The third-order valence-corrected chi connectivity index (χ3v) is 19.0. The van der Waals surface area contributed by atoms with Gasteiger partial charge in [-0.15, -0.1) is 0 Å². The topological polar surface area (TPSA) is 255 Å². The Hall–Kier alpha value is -1.35. The van der Waals surface area contributed by atoms with Gasteiger partial charge in [0.15, 0.2) is 12.6 Å². The molecule has 23 atom stereocenters. The summed E-state index contributed by atoms with van der Waals surface area (Å²) >= 11 is 0. The zero-order valence-corrected chi connectivity index (χ0v) is 38.3. The van der Waals surface area contributed by atoms with Crippen molar-refractivity contribution < 1.29 is 79.2 Å². The SMILES string of the molecule is CC(C)C1CCC2(C(=O)O[C@@H]3O[C@@H](C)[C@H](O)[C@@H](O)[C@H]3O)CC[C@@]3(C)C(=CCC4[C@@]5(C)CC[C@H](O[C@@H]6O[C@H](CO)[C@H](O)[C@H](O[C@@H]7OC[C@@H](O)[C@H](O)[C@H]7O)[C@H]6O)C(C)(C)C5CC[C@]43C)C12. The molecule has 0 aromatic heterocycles. The van der Waals surface area contributed by atoms with E-state index < -0.39 is 109 Å². The lowest BCUT2D eigenvalue weighted by atomic mass is 9.34. The smallest absolute Gasteiger partial charge is 0.315 e. The normalized spacial score (nSPS) is 54.3. The molecule has 5 aliphatic carbocycles. The maximum Gasteiger partial charge on any atom is 0.315 e. The lowest BCUT2D eigenvalue weighted by Gasteiger charge is -2.70. The Bertz CT molecular complexity index is 1710. The molecule has 0 aromatic rings. The molecule has 0 bridgehead atoms. The second-order valence-corrected chi connectivity index (χ2v) is 22.5. The highest BCUT2D eigenvalue weighted by atomic mass is 16.7. The number of hydrogen-bond acceptors (Lipinski definition) is 16.